The Balaban J connectivity index is 1.37. The van der Waals surface area contributed by atoms with E-state index >= 15 is 0 Å². The van der Waals surface area contributed by atoms with Gasteiger partial charge in [0.15, 0.2) is 0 Å². The lowest BCUT2D eigenvalue weighted by molar-refractivity contribution is 0.0827. The minimum Gasteiger partial charge on any atom is -0.494 e. The zero-order valence-corrected chi connectivity index (χ0v) is 13.6. The summed E-state index contributed by atoms with van der Waals surface area (Å²) in [5, 5.41) is 0. The molecule has 0 N–H and O–H groups in total. The Morgan fingerprint density at radius 1 is 1.18 bits per heavy atom. The van der Waals surface area contributed by atoms with Crippen molar-refractivity contribution in [3.05, 3.63) is 29.8 Å². The summed E-state index contributed by atoms with van der Waals surface area (Å²) in [5.41, 5.74) is 0.699. The van der Waals surface area contributed by atoms with Gasteiger partial charge >= 0.3 is 0 Å². The summed E-state index contributed by atoms with van der Waals surface area (Å²) in [6.45, 7) is 4.48. The average molecular weight is 302 g/mol. The molecule has 1 saturated heterocycles. The predicted molar refractivity (Wildman–Crippen MR) is 87.2 cm³/mol. The molecular weight excluding hydrogens is 276 g/mol. The van der Waals surface area contributed by atoms with E-state index in [1.54, 1.807) is 19.0 Å². The van der Waals surface area contributed by atoms with Crippen LogP contribution in [-0.4, -0.2) is 56.0 Å². The first-order valence-corrected chi connectivity index (χ1v) is 8.30. The molecule has 1 aromatic rings. The molecule has 1 aliphatic heterocycles. The van der Waals surface area contributed by atoms with Gasteiger partial charge in [0.05, 0.1) is 6.61 Å². The van der Waals surface area contributed by atoms with E-state index in [0.717, 1.165) is 37.2 Å². The number of amides is 1. The van der Waals surface area contributed by atoms with Gasteiger partial charge in [0.25, 0.3) is 5.91 Å². The third-order valence-corrected chi connectivity index (χ3v) is 4.96. The lowest BCUT2D eigenvalue weighted by Crippen LogP contribution is -2.23. The second-order valence-corrected chi connectivity index (χ2v) is 6.78. The van der Waals surface area contributed by atoms with Crippen LogP contribution in [0.2, 0.25) is 0 Å². The first-order valence-electron chi connectivity index (χ1n) is 8.30. The number of hydrogen-bond donors (Lipinski definition) is 0. The highest BCUT2D eigenvalue weighted by atomic mass is 16.5. The molecule has 2 fully saturated rings. The summed E-state index contributed by atoms with van der Waals surface area (Å²) >= 11 is 0. The minimum atomic E-state index is 0.0233. The third-order valence-electron chi connectivity index (χ3n) is 4.96. The van der Waals surface area contributed by atoms with E-state index in [4.69, 9.17) is 4.74 Å². The molecule has 22 heavy (non-hydrogen) atoms. The normalized spacial score (nSPS) is 23.7. The van der Waals surface area contributed by atoms with Crippen molar-refractivity contribution in [3.63, 3.8) is 0 Å². The molecular formula is C18H26N2O2. The molecule has 2 aliphatic rings. The second-order valence-electron chi connectivity index (χ2n) is 6.78. The van der Waals surface area contributed by atoms with Gasteiger partial charge in [-0.05, 0) is 55.4 Å². The van der Waals surface area contributed by atoms with Gasteiger partial charge in [0.1, 0.15) is 5.75 Å². The number of carbonyl (C=O) groups excluding carboxylic acids is 1. The molecule has 1 amide bonds. The highest BCUT2D eigenvalue weighted by Crippen LogP contribution is 2.40. The maximum atomic E-state index is 11.8. The molecule has 1 aromatic carbocycles. The fourth-order valence-electron chi connectivity index (χ4n) is 3.47. The summed E-state index contributed by atoms with van der Waals surface area (Å²) < 4.78 is 5.78. The molecule has 4 nitrogen and oxygen atoms in total. The molecule has 2 unspecified atom stereocenters. The molecule has 0 radical (unpaired) electrons. The Bertz CT molecular complexity index is 500. The zero-order chi connectivity index (χ0) is 15.5. The van der Waals surface area contributed by atoms with Crippen LogP contribution < -0.4 is 4.74 Å². The number of nitrogens with zero attached hydrogens (tertiary/aromatic N) is 2. The molecule has 2 atom stereocenters. The molecule has 1 saturated carbocycles. The number of hydrogen-bond acceptors (Lipinski definition) is 3. The smallest absolute Gasteiger partial charge is 0.253 e. The Hall–Kier alpha value is -1.55. The number of benzene rings is 1. The fraction of sp³-hybridized carbons (Fsp3) is 0.611. The lowest BCUT2D eigenvalue weighted by Gasteiger charge is -2.28. The highest BCUT2D eigenvalue weighted by Gasteiger charge is 2.38. The molecule has 4 heteroatoms. The van der Waals surface area contributed by atoms with E-state index in [-0.39, 0.29) is 5.91 Å². The maximum absolute atomic E-state index is 11.8. The molecule has 1 aliphatic carbocycles. The van der Waals surface area contributed by atoms with E-state index in [0.29, 0.717) is 5.56 Å². The molecule has 3 rings (SSSR count). The summed E-state index contributed by atoms with van der Waals surface area (Å²) in [6, 6.07) is 7.42. The van der Waals surface area contributed by atoms with E-state index < -0.39 is 0 Å². The van der Waals surface area contributed by atoms with Gasteiger partial charge in [-0.25, -0.2) is 0 Å². The number of carbonyl (C=O) groups is 1. The molecule has 0 spiro atoms. The summed E-state index contributed by atoms with van der Waals surface area (Å²) in [4.78, 5) is 16.0. The largest absolute Gasteiger partial charge is 0.494 e. The first kappa shape index (κ1) is 15.3. The van der Waals surface area contributed by atoms with Gasteiger partial charge in [-0.1, -0.05) is 0 Å². The maximum Gasteiger partial charge on any atom is 0.253 e. The minimum absolute atomic E-state index is 0.0233. The predicted octanol–water partition coefficient (Wildman–Crippen LogP) is 2.50. The zero-order valence-electron chi connectivity index (χ0n) is 13.6. The summed E-state index contributed by atoms with van der Waals surface area (Å²) in [6.07, 6.45) is 3.95. The molecule has 0 aromatic heterocycles. The number of ether oxygens (including phenoxy) is 1. The monoisotopic (exact) mass is 302 g/mol. The van der Waals surface area contributed by atoms with E-state index in [9.17, 15) is 4.79 Å². The fourth-order valence-corrected chi connectivity index (χ4v) is 3.47. The second kappa shape index (κ2) is 6.69. The van der Waals surface area contributed by atoms with Gasteiger partial charge < -0.3 is 14.5 Å². The van der Waals surface area contributed by atoms with Crippen molar-refractivity contribution in [2.45, 2.75) is 19.3 Å². The van der Waals surface area contributed by atoms with Gasteiger partial charge in [-0.2, -0.15) is 0 Å². The van der Waals surface area contributed by atoms with Crippen LogP contribution >= 0.6 is 0 Å². The number of rotatable bonds is 6. The van der Waals surface area contributed by atoms with Gasteiger partial charge in [-0.15, -0.1) is 0 Å². The van der Waals surface area contributed by atoms with Crippen LogP contribution in [-0.2, 0) is 0 Å². The van der Waals surface area contributed by atoms with Crippen LogP contribution in [0.4, 0.5) is 0 Å². The van der Waals surface area contributed by atoms with E-state index in [1.165, 1.54) is 25.9 Å². The van der Waals surface area contributed by atoms with Crippen molar-refractivity contribution in [2.24, 2.45) is 11.8 Å². The summed E-state index contributed by atoms with van der Waals surface area (Å²) in [7, 11) is 3.52. The third kappa shape index (κ3) is 3.43. The van der Waals surface area contributed by atoms with Crippen LogP contribution in [0.3, 0.4) is 0 Å². The number of likely N-dealkylation sites (tertiary alicyclic amines) is 1. The van der Waals surface area contributed by atoms with Crippen molar-refractivity contribution in [2.75, 3.05) is 40.3 Å². The van der Waals surface area contributed by atoms with Crippen LogP contribution in [0.5, 0.6) is 5.75 Å². The lowest BCUT2D eigenvalue weighted by atomic mass is 9.77. The highest BCUT2D eigenvalue weighted by molar-refractivity contribution is 5.93. The van der Waals surface area contributed by atoms with E-state index in [1.807, 2.05) is 24.3 Å². The topological polar surface area (TPSA) is 32.8 Å². The molecule has 1 heterocycles. The van der Waals surface area contributed by atoms with E-state index in [2.05, 4.69) is 4.90 Å². The van der Waals surface area contributed by atoms with Crippen molar-refractivity contribution in [1.82, 2.24) is 9.80 Å². The Morgan fingerprint density at radius 3 is 2.36 bits per heavy atom. The van der Waals surface area contributed by atoms with Crippen molar-refractivity contribution >= 4 is 5.91 Å². The van der Waals surface area contributed by atoms with Crippen LogP contribution in [0.25, 0.3) is 0 Å². The molecule has 120 valence electrons. The Kier molecular flexibility index (Phi) is 4.67. The van der Waals surface area contributed by atoms with Gasteiger partial charge in [-0.3, -0.25) is 4.79 Å². The first-order chi connectivity index (χ1) is 10.6. The van der Waals surface area contributed by atoms with Crippen LogP contribution in [0, 0.1) is 11.8 Å². The Labute approximate surface area is 133 Å². The average Bonchev–Trinajstić information content (AvgIpc) is 2.78. The van der Waals surface area contributed by atoms with Crippen LogP contribution in [0.1, 0.15) is 29.6 Å². The van der Waals surface area contributed by atoms with Crippen molar-refractivity contribution in [1.29, 1.82) is 0 Å². The van der Waals surface area contributed by atoms with Gasteiger partial charge in [0, 0.05) is 39.3 Å². The SMILES string of the molecule is CN(C)C(=O)c1ccc(OCCCN2CC3CCC3C2)cc1. The summed E-state index contributed by atoms with van der Waals surface area (Å²) in [5.74, 6) is 2.84. The van der Waals surface area contributed by atoms with Crippen molar-refractivity contribution < 1.29 is 9.53 Å². The van der Waals surface area contributed by atoms with Crippen molar-refractivity contribution in [3.8, 4) is 5.75 Å². The molecule has 0 bridgehead atoms. The van der Waals surface area contributed by atoms with Crippen LogP contribution in [0.15, 0.2) is 24.3 Å². The Morgan fingerprint density at radius 2 is 1.82 bits per heavy atom. The quantitative estimate of drug-likeness (QED) is 0.757. The number of fused-ring (bicyclic) bond motifs is 1. The van der Waals surface area contributed by atoms with Gasteiger partial charge in [0.2, 0.25) is 0 Å². The standard InChI is InChI=1S/C18H26N2O2/c1-19(2)18(21)14-6-8-17(9-7-14)22-11-3-10-20-12-15-4-5-16(15)13-20/h6-9,15-16H,3-5,10-13H2,1-2H3.